The quantitative estimate of drug-likeness (QED) is 0.739. The van der Waals surface area contributed by atoms with E-state index in [4.69, 9.17) is 0 Å². The minimum atomic E-state index is 0.0308. The minimum Gasteiger partial charge on any atom is -0.298 e. The lowest BCUT2D eigenvalue weighted by Crippen LogP contribution is -2.37. The fraction of sp³-hybridized carbons (Fsp3) is 0.350. The highest BCUT2D eigenvalue weighted by molar-refractivity contribution is 5.75. The molecule has 1 aliphatic rings. The highest BCUT2D eigenvalue weighted by Gasteiger charge is 2.34. The Bertz CT molecular complexity index is 895. The van der Waals surface area contributed by atoms with Crippen molar-refractivity contribution in [2.75, 3.05) is 0 Å². The van der Waals surface area contributed by atoms with E-state index in [1.807, 2.05) is 0 Å². The van der Waals surface area contributed by atoms with Crippen LogP contribution in [0.3, 0.4) is 0 Å². The molecule has 2 aromatic heterocycles. The number of rotatable bonds is 3. The molecule has 2 heterocycles. The Kier molecular flexibility index (Phi) is 3.89. The van der Waals surface area contributed by atoms with Crippen molar-refractivity contribution in [3.05, 3.63) is 71.0 Å². The molecule has 4 nitrogen and oxygen atoms in total. The van der Waals surface area contributed by atoms with Gasteiger partial charge in [-0.25, -0.2) is 4.98 Å². The van der Waals surface area contributed by atoms with Gasteiger partial charge in [0.15, 0.2) is 0 Å². The molecule has 0 N–H and O–H groups in total. The van der Waals surface area contributed by atoms with E-state index >= 15 is 0 Å². The molecular formula is C20H21N3O. The van der Waals surface area contributed by atoms with Gasteiger partial charge in [-0.15, -0.1) is 0 Å². The molecule has 0 atom stereocenters. The van der Waals surface area contributed by atoms with Gasteiger partial charge in [0, 0.05) is 18.2 Å². The molecule has 1 aromatic carbocycles. The van der Waals surface area contributed by atoms with Crippen LogP contribution in [0.1, 0.15) is 37.7 Å². The zero-order valence-electron chi connectivity index (χ0n) is 13.7. The van der Waals surface area contributed by atoms with Crippen LogP contribution in [0, 0.1) is 0 Å². The summed E-state index contributed by atoms with van der Waals surface area (Å²) in [6, 6.07) is 12.4. The molecule has 0 spiro atoms. The summed E-state index contributed by atoms with van der Waals surface area (Å²) in [4.78, 5) is 21.4. The summed E-state index contributed by atoms with van der Waals surface area (Å²) < 4.78 is 1.79. The van der Waals surface area contributed by atoms with Crippen LogP contribution in [0.4, 0.5) is 0 Å². The first-order valence-corrected chi connectivity index (χ1v) is 8.63. The topological polar surface area (TPSA) is 47.8 Å². The predicted octanol–water partition coefficient (Wildman–Crippen LogP) is 3.69. The van der Waals surface area contributed by atoms with Crippen LogP contribution in [-0.4, -0.2) is 14.5 Å². The maximum Gasteiger partial charge on any atom is 0.261 e. The second kappa shape index (κ2) is 6.19. The van der Waals surface area contributed by atoms with Crippen molar-refractivity contribution >= 4 is 10.9 Å². The summed E-state index contributed by atoms with van der Waals surface area (Å²) in [7, 11) is 0. The molecule has 1 saturated carbocycles. The average Bonchev–Trinajstić information content (AvgIpc) is 2.66. The SMILES string of the molecule is O=c1c2ccncc2ncn1CC1(c2ccccc2)CCCCC1. The lowest BCUT2D eigenvalue weighted by Gasteiger charge is -2.38. The van der Waals surface area contributed by atoms with E-state index in [2.05, 4.69) is 40.3 Å². The van der Waals surface area contributed by atoms with Crippen LogP contribution in [0.15, 0.2) is 59.9 Å². The third-order valence-electron chi connectivity index (χ3n) is 5.30. The summed E-state index contributed by atoms with van der Waals surface area (Å²) in [6.07, 6.45) is 11.0. The fourth-order valence-corrected chi connectivity index (χ4v) is 4.01. The first kappa shape index (κ1) is 15.1. The molecule has 1 fully saturated rings. The maximum atomic E-state index is 12.9. The van der Waals surface area contributed by atoms with Crippen LogP contribution in [0.5, 0.6) is 0 Å². The second-order valence-electron chi connectivity index (χ2n) is 6.78. The molecular weight excluding hydrogens is 298 g/mol. The first-order valence-electron chi connectivity index (χ1n) is 8.63. The Morgan fingerprint density at radius 2 is 1.83 bits per heavy atom. The van der Waals surface area contributed by atoms with E-state index in [0.29, 0.717) is 17.4 Å². The van der Waals surface area contributed by atoms with E-state index in [0.717, 1.165) is 12.8 Å². The number of fused-ring (bicyclic) bond motifs is 1. The van der Waals surface area contributed by atoms with Crippen molar-refractivity contribution in [1.29, 1.82) is 0 Å². The summed E-state index contributed by atoms with van der Waals surface area (Å²) in [5, 5.41) is 0.645. The van der Waals surface area contributed by atoms with Crippen LogP contribution in [0.25, 0.3) is 10.9 Å². The third-order valence-corrected chi connectivity index (χ3v) is 5.30. The second-order valence-corrected chi connectivity index (χ2v) is 6.78. The summed E-state index contributed by atoms with van der Waals surface area (Å²) >= 11 is 0. The monoisotopic (exact) mass is 319 g/mol. The molecule has 4 heteroatoms. The highest BCUT2D eigenvalue weighted by Crippen LogP contribution is 2.40. The van der Waals surface area contributed by atoms with Crippen LogP contribution in [0.2, 0.25) is 0 Å². The zero-order chi connectivity index (χ0) is 16.4. The van der Waals surface area contributed by atoms with E-state index in [1.165, 1.54) is 24.8 Å². The Labute approximate surface area is 141 Å². The van der Waals surface area contributed by atoms with E-state index in [1.54, 1.807) is 29.4 Å². The number of nitrogens with zero attached hydrogens (tertiary/aromatic N) is 3. The van der Waals surface area contributed by atoms with Gasteiger partial charge in [0.05, 0.1) is 23.4 Å². The lowest BCUT2D eigenvalue weighted by atomic mass is 9.69. The average molecular weight is 319 g/mol. The summed E-state index contributed by atoms with van der Waals surface area (Å²) in [5.74, 6) is 0. The molecule has 0 saturated heterocycles. The van der Waals surface area contributed by atoms with Crippen molar-refractivity contribution in [3.63, 3.8) is 0 Å². The number of aromatic nitrogens is 3. The van der Waals surface area contributed by atoms with Gasteiger partial charge in [0.2, 0.25) is 0 Å². The molecule has 0 aliphatic heterocycles. The van der Waals surface area contributed by atoms with Crippen LogP contribution >= 0.6 is 0 Å². The molecule has 122 valence electrons. The normalized spacial score (nSPS) is 17.0. The predicted molar refractivity (Wildman–Crippen MR) is 95.0 cm³/mol. The smallest absolute Gasteiger partial charge is 0.261 e. The molecule has 0 radical (unpaired) electrons. The van der Waals surface area contributed by atoms with Crippen molar-refractivity contribution in [3.8, 4) is 0 Å². The summed E-state index contributed by atoms with van der Waals surface area (Å²) in [5.41, 5.74) is 2.07. The van der Waals surface area contributed by atoms with Gasteiger partial charge < -0.3 is 0 Å². The van der Waals surface area contributed by atoms with Gasteiger partial charge in [-0.2, -0.15) is 0 Å². The van der Waals surface area contributed by atoms with Crippen molar-refractivity contribution in [2.45, 2.75) is 44.1 Å². The largest absolute Gasteiger partial charge is 0.298 e. The molecule has 0 amide bonds. The van der Waals surface area contributed by atoms with E-state index < -0.39 is 0 Å². The molecule has 0 unspecified atom stereocenters. The Morgan fingerprint density at radius 1 is 1.04 bits per heavy atom. The van der Waals surface area contributed by atoms with Crippen molar-refractivity contribution in [1.82, 2.24) is 14.5 Å². The van der Waals surface area contributed by atoms with Crippen LogP contribution < -0.4 is 5.56 Å². The maximum absolute atomic E-state index is 12.9. The fourth-order valence-electron chi connectivity index (χ4n) is 4.01. The summed E-state index contributed by atoms with van der Waals surface area (Å²) in [6.45, 7) is 0.696. The standard InChI is InChI=1S/C20H21N3O/c24-19-17-9-12-21-13-18(17)22-15-23(19)14-20(10-5-2-6-11-20)16-7-3-1-4-8-16/h1,3-4,7-9,12-13,15H,2,5-6,10-11,14H2. The molecule has 4 rings (SSSR count). The molecule has 1 aliphatic carbocycles. The minimum absolute atomic E-state index is 0.0308. The molecule has 24 heavy (non-hydrogen) atoms. The highest BCUT2D eigenvalue weighted by atomic mass is 16.1. The number of hydrogen-bond donors (Lipinski definition) is 0. The Hall–Kier alpha value is -2.49. The van der Waals surface area contributed by atoms with Gasteiger partial charge in [0.25, 0.3) is 5.56 Å². The number of hydrogen-bond acceptors (Lipinski definition) is 3. The van der Waals surface area contributed by atoms with Crippen molar-refractivity contribution < 1.29 is 0 Å². The van der Waals surface area contributed by atoms with Gasteiger partial charge in [-0.05, 0) is 24.5 Å². The van der Waals surface area contributed by atoms with E-state index in [9.17, 15) is 4.79 Å². The molecule has 3 aromatic rings. The first-order chi connectivity index (χ1) is 11.8. The molecule has 0 bridgehead atoms. The third kappa shape index (κ3) is 2.62. The van der Waals surface area contributed by atoms with Gasteiger partial charge >= 0.3 is 0 Å². The van der Waals surface area contributed by atoms with Gasteiger partial charge in [0.1, 0.15) is 0 Å². The number of pyridine rings is 1. The Morgan fingerprint density at radius 3 is 2.62 bits per heavy atom. The Balaban J connectivity index is 1.79. The zero-order valence-corrected chi connectivity index (χ0v) is 13.7. The van der Waals surface area contributed by atoms with Gasteiger partial charge in [-0.3, -0.25) is 14.3 Å². The number of benzene rings is 1. The van der Waals surface area contributed by atoms with Crippen LogP contribution in [-0.2, 0) is 12.0 Å². The van der Waals surface area contributed by atoms with E-state index in [-0.39, 0.29) is 11.0 Å². The lowest BCUT2D eigenvalue weighted by molar-refractivity contribution is 0.253. The van der Waals surface area contributed by atoms with Crippen molar-refractivity contribution in [2.24, 2.45) is 0 Å². The van der Waals surface area contributed by atoms with Gasteiger partial charge in [-0.1, -0.05) is 49.6 Å².